The first-order valence-electron chi connectivity index (χ1n) is 6.85. The highest BCUT2D eigenvalue weighted by Gasteiger charge is 2.32. The van der Waals surface area contributed by atoms with Gasteiger partial charge in [-0.2, -0.15) is 0 Å². The highest BCUT2D eigenvalue weighted by atomic mass is 16.5. The molecule has 1 aliphatic heterocycles. The van der Waals surface area contributed by atoms with Crippen molar-refractivity contribution in [2.45, 2.75) is 31.6 Å². The van der Waals surface area contributed by atoms with Crippen molar-refractivity contribution in [3.05, 3.63) is 29.8 Å². The van der Waals surface area contributed by atoms with E-state index in [0.29, 0.717) is 0 Å². The highest BCUT2D eigenvalue weighted by molar-refractivity contribution is 5.49. The molecule has 106 valence electrons. The van der Waals surface area contributed by atoms with E-state index in [-0.39, 0.29) is 18.2 Å². The van der Waals surface area contributed by atoms with E-state index in [2.05, 4.69) is 36.1 Å². The minimum absolute atomic E-state index is 0.131. The molecule has 1 aromatic rings. The van der Waals surface area contributed by atoms with Crippen molar-refractivity contribution >= 4 is 5.69 Å². The molecule has 0 aliphatic carbocycles. The van der Waals surface area contributed by atoms with Gasteiger partial charge in [0.2, 0.25) is 0 Å². The maximum Gasteiger partial charge on any atom is 0.102 e. The summed E-state index contributed by atoms with van der Waals surface area (Å²) in [6.07, 6.45) is 1.24. The largest absolute Gasteiger partial charge is 0.377 e. The Bertz CT molecular complexity index is 382. The van der Waals surface area contributed by atoms with Crippen LogP contribution in [0.2, 0.25) is 0 Å². The molecule has 0 aromatic heterocycles. The molecule has 2 N–H and O–H groups in total. The molecule has 2 unspecified atom stereocenters. The van der Waals surface area contributed by atoms with E-state index in [0.717, 1.165) is 19.5 Å². The first-order chi connectivity index (χ1) is 9.19. The fourth-order valence-corrected chi connectivity index (χ4v) is 2.58. The number of ether oxygens (including phenoxy) is 2. The van der Waals surface area contributed by atoms with Crippen molar-refractivity contribution in [1.29, 1.82) is 0 Å². The minimum Gasteiger partial charge on any atom is -0.377 e. The van der Waals surface area contributed by atoms with Crippen molar-refractivity contribution in [2.75, 3.05) is 32.2 Å². The molecule has 4 nitrogen and oxygen atoms in total. The van der Waals surface area contributed by atoms with Crippen molar-refractivity contribution < 1.29 is 9.47 Å². The summed E-state index contributed by atoms with van der Waals surface area (Å²) in [7, 11) is 3.48. The quantitative estimate of drug-likeness (QED) is 0.883. The zero-order chi connectivity index (χ0) is 13.8. The van der Waals surface area contributed by atoms with Gasteiger partial charge < -0.3 is 20.1 Å². The Hall–Kier alpha value is -1.10. The van der Waals surface area contributed by atoms with Gasteiger partial charge in [0, 0.05) is 39.0 Å². The average molecular weight is 264 g/mol. The van der Waals surface area contributed by atoms with E-state index in [9.17, 15) is 0 Å². The second-order valence-corrected chi connectivity index (χ2v) is 5.06. The summed E-state index contributed by atoms with van der Waals surface area (Å²) >= 11 is 0. The van der Waals surface area contributed by atoms with Crippen LogP contribution in [0, 0.1) is 0 Å². The van der Waals surface area contributed by atoms with Crippen LogP contribution in [0.5, 0.6) is 0 Å². The lowest BCUT2D eigenvalue weighted by molar-refractivity contribution is -0.00461. The van der Waals surface area contributed by atoms with Crippen molar-refractivity contribution in [3.63, 3.8) is 0 Å². The van der Waals surface area contributed by atoms with Gasteiger partial charge in [-0.15, -0.1) is 0 Å². The zero-order valence-corrected chi connectivity index (χ0v) is 12.0. The van der Waals surface area contributed by atoms with Crippen LogP contribution in [0.25, 0.3) is 0 Å². The molecule has 0 saturated carbocycles. The van der Waals surface area contributed by atoms with E-state index in [1.807, 2.05) is 0 Å². The third-order valence-electron chi connectivity index (χ3n) is 3.95. The van der Waals surface area contributed by atoms with Gasteiger partial charge in [-0.1, -0.05) is 19.1 Å². The van der Waals surface area contributed by atoms with Crippen molar-refractivity contribution in [1.82, 2.24) is 0 Å². The highest BCUT2D eigenvalue weighted by Crippen LogP contribution is 2.25. The Morgan fingerprint density at radius 3 is 2.11 bits per heavy atom. The molecular weight excluding hydrogens is 240 g/mol. The van der Waals surface area contributed by atoms with Crippen LogP contribution >= 0.6 is 0 Å². The maximum absolute atomic E-state index is 6.03. The molecule has 19 heavy (non-hydrogen) atoms. The third kappa shape index (κ3) is 3.08. The summed E-state index contributed by atoms with van der Waals surface area (Å²) in [6, 6.07) is 8.63. The summed E-state index contributed by atoms with van der Waals surface area (Å²) in [5.74, 6) is 0. The molecule has 4 heteroatoms. The molecule has 1 aliphatic rings. The van der Waals surface area contributed by atoms with Gasteiger partial charge >= 0.3 is 0 Å². The van der Waals surface area contributed by atoms with Crippen LogP contribution in [-0.2, 0) is 9.47 Å². The Morgan fingerprint density at radius 1 is 1.16 bits per heavy atom. The van der Waals surface area contributed by atoms with Crippen LogP contribution < -0.4 is 10.6 Å². The number of benzene rings is 1. The number of nitrogens with two attached hydrogens (primary N) is 1. The predicted molar refractivity (Wildman–Crippen MR) is 77.5 cm³/mol. The second-order valence-electron chi connectivity index (χ2n) is 5.06. The number of nitrogens with zero attached hydrogens (tertiary/aromatic N) is 1. The lowest BCUT2D eigenvalue weighted by atomic mass is 10.1. The monoisotopic (exact) mass is 264 g/mol. The van der Waals surface area contributed by atoms with E-state index in [4.69, 9.17) is 15.2 Å². The smallest absolute Gasteiger partial charge is 0.102 e. The van der Waals surface area contributed by atoms with E-state index in [1.54, 1.807) is 14.2 Å². The van der Waals surface area contributed by atoms with Crippen LogP contribution in [-0.4, -0.2) is 39.5 Å². The number of hydrogen-bond donors (Lipinski definition) is 1. The van der Waals surface area contributed by atoms with Crippen LogP contribution in [0.4, 0.5) is 5.69 Å². The molecular formula is C15H24N2O2. The molecule has 1 saturated heterocycles. The third-order valence-corrected chi connectivity index (χ3v) is 3.95. The molecule has 1 aromatic carbocycles. The lowest BCUT2D eigenvalue weighted by Crippen LogP contribution is -2.27. The predicted octanol–water partition coefficient (Wildman–Crippen LogP) is 1.95. The van der Waals surface area contributed by atoms with E-state index < -0.39 is 0 Å². The molecule has 0 radical (unpaired) electrons. The Morgan fingerprint density at radius 2 is 1.68 bits per heavy atom. The Labute approximate surface area is 115 Å². The topological polar surface area (TPSA) is 47.7 Å². The zero-order valence-electron chi connectivity index (χ0n) is 12.0. The summed E-state index contributed by atoms with van der Waals surface area (Å²) in [5, 5.41) is 0. The van der Waals surface area contributed by atoms with Gasteiger partial charge in [-0.3, -0.25) is 0 Å². The summed E-state index contributed by atoms with van der Waals surface area (Å²) in [5.41, 5.74) is 8.43. The normalized spacial score (nSPS) is 24.7. The molecule has 0 bridgehead atoms. The van der Waals surface area contributed by atoms with Crippen LogP contribution in [0.1, 0.15) is 24.9 Å². The number of rotatable bonds is 5. The van der Waals surface area contributed by atoms with Gasteiger partial charge in [0.1, 0.15) is 12.2 Å². The second kappa shape index (κ2) is 6.37. The van der Waals surface area contributed by atoms with Gasteiger partial charge in [0.25, 0.3) is 0 Å². The molecule has 3 atom stereocenters. The SMILES string of the molecule is CC[C@H](N)c1ccc(N2CC(OC)C(OC)C2)cc1. The molecule has 1 heterocycles. The molecule has 2 rings (SSSR count). The Kier molecular flexibility index (Phi) is 4.80. The van der Waals surface area contributed by atoms with Crippen LogP contribution in [0.3, 0.4) is 0 Å². The summed E-state index contributed by atoms with van der Waals surface area (Å²) in [4.78, 5) is 2.30. The van der Waals surface area contributed by atoms with Crippen LogP contribution in [0.15, 0.2) is 24.3 Å². The summed E-state index contributed by atoms with van der Waals surface area (Å²) < 4.78 is 10.9. The Balaban J connectivity index is 2.07. The minimum atomic E-state index is 0.131. The van der Waals surface area contributed by atoms with Gasteiger partial charge in [-0.25, -0.2) is 0 Å². The van der Waals surface area contributed by atoms with E-state index in [1.165, 1.54) is 11.3 Å². The van der Waals surface area contributed by atoms with E-state index >= 15 is 0 Å². The number of methoxy groups -OCH3 is 2. The molecule has 0 amide bonds. The lowest BCUT2D eigenvalue weighted by Gasteiger charge is -2.19. The standard InChI is InChI=1S/C15H24N2O2/c1-4-13(16)11-5-7-12(8-6-11)17-9-14(18-2)15(10-17)19-3/h5-8,13-15H,4,9-10,16H2,1-3H3/t13-,14?,15?/m0/s1. The fourth-order valence-electron chi connectivity index (χ4n) is 2.58. The fraction of sp³-hybridized carbons (Fsp3) is 0.600. The van der Waals surface area contributed by atoms with Gasteiger partial charge in [-0.05, 0) is 24.1 Å². The first kappa shape index (κ1) is 14.3. The molecule has 0 spiro atoms. The molecule has 1 fully saturated rings. The van der Waals surface area contributed by atoms with Crippen molar-refractivity contribution in [3.8, 4) is 0 Å². The maximum atomic E-state index is 6.03. The number of hydrogen-bond acceptors (Lipinski definition) is 4. The van der Waals surface area contributed by atoms with Gasteiger partial charge in [0.15, 0.2) is 0 Å². The number of anilines is 1. The first-order valence-corrected chi connectivity index (χ1v) is 6.85. The van der Waals surface area contributed by atoms with Crippen molar-refractivity contribution in [2.24, 2.45) is 5.73 Å². The summed E-state index contributed by atoms with van der Waals surface area (Å²) in [6.45, 7) is 3.84. The average Bonchev–Trinajstić information content (AvgIpc) is 2.89. The van der Waals surface area contributed by atoms with Gasteiger partial charge in [0.05, 0.1) is 0 Å².